The van der Waals surface area contributed by atoms with E-state index in [4.69, 9.17) is 4.74 Å². The van der Waals surface area contributed by atoms with Crippen LogP contribution in [-0.2, 0) is 4.79 Å². The molecule has 0 aliphatic heterocycles. The summed E-state index contributed by atoms with van der Waals surface area (Å²) in [6.07, 6.45) is 1.41. The van der Waals surface area contributed by atoms with E-state index < -0.39 is 5.91 Å². The van der Waals surface area contributed by atoms with E-state index in [9.17, 15) is 14.7 Å². The molecule has 0 aliphatic carbocycles. The third-order valence-corrected chi connectivity index (χ3v) is 4.50. The van der Waals surface area contributed by atoms with Gasteiger partial charge in [0.25, 0.3) is 11.5 Å². The summed E-state index contributed by atoms with van der Waals surface area (Å²) in [5.41, 5.74) is 6.02. The SMILES string of the molecule is COc1cc(/C=N/NC(=O)CNn2c(C)nc3ccc(Br)cc3c2=O)ccc1O. The van der Waals surface area contributed by atoms with E-state index in [0.29, 0.717) is 28.0 Å². The van der Waals surface area contributed by atoms with Gasteiger partial charge in [0.15, 0.2) is 11.5 Å². The maximum atomic E-state index is 12.6. The number of aromatic nitrogens is 2. The van der Waals surface area contributed by atoms with Crippen LogP contribution in [0.2, 0.25) is 0 Å². The summed E-state index contributed by atoms with van der Waals surface area (Å²) in [5.74, 6) is 0.284. The molecule has 3 rings (SSSR count). The minimum absolute atomic E-state index is 0.00900. The first kappa shape index (κ1) is 20.3. The van der Waals surface area contributed by atoms with Gasteiger partial charge < -0.3 is 15.3 Å². The molecule has 2 aromatic carbocycles. The summed E-state index contributed by atoms with van der Waals surface area (Å²) in [6.45, 7) is 1.49. The summed E-state index contributed by atoms with van der Waals surface area (Å²) in [4.78, 5) is 29.0. The zero-order valence-corrected chi connectivity index (χ0v) is 17.2. The van der Waals surface area contributed by atoms with Gasteiger partial charge in [-0.15, -0.1) is 0 Å². The Morgan fingerprint density at radius 2 is 2.14 bits per heavy atom. The molecule has 1 aromatic heterocycles. The molecule has 3 N–H and O–H groups in total. The highest BCUT2D eigenvalue weighted by Gasteiger charge is 2.09. The van der Waals surface area contributed by atoms with Crippen molar-refractivity contribution >= 4 is 39.0 Å². The number of amides is 1. The van der Waals surface area contributed by atoms with Crippen LogP contribution in [-0.4, -0.2) is 40.5 Å². The first-order chi connectivity index (χ1) is 13.9. The summed E-state index contributed by atoms with van der Waals surface area (Å²) in [5, 5.41) is 13.9. The molecule has 0 saturated heterocycles. The molecule has 0 aliphatic rings. The van der Waals surface area contributed by atoms with Crippen LogP contribution in [0.15, 0.2) is 50.8 Å². The molecule has 9 nitrogen and oxygen atoms in total. The predicted octanol–water partition coefficient (Wildman–Crippen LogP) is 1.88. The van der Waals surface area contributed by atoms with Crippen molar-refractivity contribution in [3.8, 4) is 11.5 Å². The van der Waals surface area contributed by atoms with Gasteiger partial charge in [0, 0.05) is 4.47 Å². The summed E-state index contributed by atoms with van der Waals surface area (Å²) >= 11 is 3.33. The van der Waals surface area contributed by atoms with Crippen LogP contribution in [0.5, 0.6) is 11.5 Å². The molecule has 1 heterocycles. The fraction of sp³-hybridized carbons (Fsp3) is 0.158. The van der Waals surface area contributed by atoms with Crippen molar-refractivity contribution in [3.05, 3.63) is 62.6 Å². The number of carbonyl (C=O) groups is 1. The van der Waals surface area contributed by atoms with Gasteiger partial charge >= 0.3 is 0 Å². The van der Waals surface area contributed by atoms with Crippen LogP contribution in [0.3, 0.4) is 0 Å². The summed E-state index contributed by atoms with van der Waals surface area (Å²) in [7, 11) is 1.44. The van der Waals surface area contributed by atoms with Gasteiger partial charge in [-0.3, -0.25) is 9.59 Å². The number of nitrogens with one attached hydrogen (secondary N) is 2. The van der Waals surface area contributed by atoms with Crippen molar-refractivity contribution in [3.63, 3.8) is 0 Å². The monoisotopic (exact) mass is 459 g/mol. The maximum absolute atomic E-state index is 12.6. The lowest BCUT2D eigenvalue weighted by Gasteiger charge is -2.12. The normalized spacial score (nSPS) is 11.0. The highest BCUT2D eigenvalue weighted by Crippen LogP contribution is 2.25. The number of halogens is 1. The van der Waals surface area contributed by atoms with Crippen LogP contribution in [0.1, 0.15) is 11.4 Å². The number of aryl methyl sites for hydroxylation is 1. The third-order valence-electron chi connectivity index (χ3n) is 4.00. The largest absolute Gasteiger partial charge is 0.504 e. The molecule has 29 heavy (non-hydrogen) atoms. The Morgan fingerprint density at radius 3 is 2.90 bits per heavy atom. The second-order valence-electron chi connectivity index (χ2n) is 6.02. The van der Waals surface area contributed by atoms with Gasteiger partial charge in [-0.25, -0.2) is 15.1 Å². The van der Waals surface area contributed by atoms with Gasteiger partial charge in [0.1, 0.15) is 12.4 Å². The topological polar surface area (TPSA) is 118 Å². The van der Waals surface area contributed by atoms with E-state index in [1.807, 2.05) is 0 Å². The van der Waals surface area contributed by atoms with Crippen molar-refractivity contribution in [2.75, 3.05) is 19.1 Å². The number of hydrazone groups is 1. The first-order valence-corrected chi connectivity index (χ1v) is 9.30. The van der Waals surface area contributed by atoms with Crippen LogP contribution in [0, 0.1) is 6.92 Å². The fourth-order valence-electron chi connectivity index (χ4n) is 2.60. The number of rotatable bonds is 6. The molecule has 0 saturated carbocycles. The minimum Gasteiger partial charge on any atom is -0.504 e. The number of ether oxygens (including phenoxy) is 1. The van der Waals surface area contributed by atoms with Gasteiger partial charge in [0.2, 0.25) is 0 Å². The van der Waals surface area contributed by atoms with Crippen molar-refractivity contribution in [2.24, 2.45) is 5.10 Å². The van der Waals surface area contributed by atoms with E-state index in [1.165, 1.54) is 24.1 Å². The smallest absolute Gasteiger partial charge is 0.279 e. The van der Waals surface area contributed by atoms with Crippen molar-refractivity contribution in [2.45, 2.75) is 6.92 Å². The van der Waals surface area contributed by atoms with Crippen LogP contribution < -0.4 is 21.1 Å². The lowest BCUT2D eigenvalue weighted by molar-refractivity contribution is -0.119. The van der Waals surface area contributed by atoms with E-state index >= 15 is 0 Å². The Hall–Kier alpha value is -3.40. The molecule has 150 valence electrons. The minimum atomic E-state index is -0.451. The van der Waals surface area contributed by atoms with E-state index in [0.717, 1.165) is 4.47 Å². The molecular formula is C19H18BrN5O4. The fourth-order valence-corrected chi connectivity index (χ4v) is 2.96. The number of phenolic OH excluding ortho intramolecular Hbond substituents is 1. The zero-order valence-electron chi connectivity index (χ0n) is 15.6. The molecular weight excluding hydrogens is 442 g/mol. The third kappa shape index (κ3) is 4.72. The lowest BCUT2D eigenvalue weighted by Crippen LogP contribution is -2.37. The van der Waals surface area contributed by atoms with Crippen molar-refractivity contribution in [1.82, 2.24) is 15.1 Å². The second-order valence-corrected chi connectivity index (χ2v) is 6.94. The Bertz CT molecular complexity index is 1160. The molecule has 1 amide bonds. The first-order valence-electron chi connectivity index (χ1n) is 8.50. The average Bonchev–Trinajstić information content (AvgIpc) is 2.69. The molecule has 0 fully saturated rings. The van der Waals surface area contributed by atoms with E-state index in [2.05, 4.69) is 36.9 Å². The van der Waals surface area contributed by atoms with Gasteiger partial charge in [-0.05, 0) is 48.9 Å². The quantitative estimate of drug-likeness (QED) is 0.382. The molecule has 0 atom stereocenters. The summed E-state index contributed by atoms with van der Waals surface area (Å²) < 4.78 is 7.00. The average molecular weight is 460 g/mol. The highest BCUT2D eigenvalue weighted by atomic mass is 79.9. The molecule has 0 radical (unpaired) electrons. The zero-order chi connectivity index (χ0) is 21.0. The number of aromatic hydroxyl groups is 1. The Kier molecular flexibility index (Phi) is 6.13. The summed E-state index contributed by atoms with van der Waals surface area (Å²) in [6, 6.07) is 9.89. The van der Waals surface area contributed by atoms with Crippen LogP contribution in [0.25, 0.3) is 10.9 Å². The van der Waals surface area contributed by atoms with Gasteiger partial charge in [0.05, 0.1) is 24.2 Å². The number of hydrogen-bond acceptors (Lipinski definition) is 7. The molecule has 0 spiro atoms. The molecule has 0 bridgehead atoms. The van der Waals surface area contributed by atoms with Gasteiger partial charge in [-0.1, -0.05) is 15.9 Å². The molecule has 10 heteroatoms. The number of nitrogens with zero attached hydrogens (tertiary/aromatic N) is 3. The van der Waals surface area contributed by atoms with Gasteiger partial charge in [-0.2, -0.15) is 5.10 Å². The Morgan fingerprint density at radius 1 is 1.34 bits per heavy atom. The number of hydrogen-bond donors (Lipinski definition) is 3. The molecule has 3 aromatic rings. The van der Waals surface area contributed by atoms with Crippen LogP contribution in [0.4, 0.5) is 0 Å². The van der Waals surface area contributed by atoms with E-state index in [-0.39, 0.29) is 17.9 Å². The Balaban J connectivity index is 1.66. The van der Waals surface area contributed by atoms with E-state index in [1.54, 1.807) is 37.3 Å². The number of carbonyl (C=O) groups excluding carboxylic acids is 1. The number of benzene rings is 2. The maximum Gasteiger partial charge on any atom is 0.279 e. The van der Waals surface area contributed by atoms with Crippen molar-refractivity contribution in [1.29, 1.82) is 0 Å². The Labute approximate surface area is 174 Å². The van der Waals surface area contributed by atoms with Crippen molar-refractivity contribution < 1.29 is 14.6 Å². The number of phenols is 1. The van der Waals surface area contributed by atoms with Crippen LogP contribution >= 0.6 is 15.9 Å². The molecule has 0 unspecified atom stereocenters. The highest BCUT2D eigenvalue weighted by molar-refractivity contribution is 9.10. The number of methoxy groups -OCH3 is 1. The second kappa shape index (κ2) is 8.74. The predicted molar refractivity (Wildman–Crippen MR) is 113 cm³/mol. The number of fused-ring (bicyclic) bond motifs is 1. The lowest BCUT2D eigenvalue weighted by atomic mass is 10.2. The standard InChI is InChI=1S/C19H18BrN5O4/c1-11-23-15-5-4-13(20)8-14(15)19(28)25(11)22-10-18(27)24-21-9-12-3-6-16(26)17(7-12)29-2/h3-9,22,26H,10H2,1-2H3,(H,24,27)/b21-9+.